The molecule has 2 aliphatic rings. The largest absolute Gasteiger partial charge is 0.487 e. The molecule has 0 bridgehead atoms. The van der Waals surface area contributed by atoms with Gasteiger partial charge >= 0.3 is 18.2 Å². The van der Waals surface area contributed by atoms with Crippen LogP contribution in [0.5, 0.6) is 5.75 Å². The monoisotopic (exact) mass is 803 g/mol. The smallest absolute Gasteiger partial charge is 0.426 e. The van der Waals surface area contributed by atoms with Gasteiger partial charge in [0.15, 0.2) is 0 Å². The van der Waals surface area contributed by atoms with Gasteiger partial charge in [-0.15, -0.1) is 0 Å². The molecule has 1 aliphatic carbocycles. The molecule has 0 unspecified atom stereocenters. The molecule has 3 aromatic carbocycles. The Labute approximate surface area is 334 Å². The van der Waals surface area contributed by atoms with Gasteiger partial charge in [-0.25, -0.2) is 32.9 Å². The van der Waals surface area contributed by atoms with Crippen molar-refractivity contribution in [3.63, 3.8) is 0 Å². The van der Waals surface area contributed by atoms with E-state index in [0.29, 0.717) is 28.9 Å². The average molecular weight is 804 g/mol. The molecule has 3 aromatic rings. The normalized spacial score (nSPS) is 14.9. The molecular weight excluding hydrogens is 751 g/mol. The maximum absolute atomic E-state index is 14.1. The number of amides is 2. The Morgan fingerprint density at radius 2 is 1.58 bits per heavy atom. The van der Waals surface area contributed by atoms with E-state index in [2.05, 4.69) is 32.5 Å². The quantitative estimate of drug-likeness (QED) is 0.0304. The van der Waals surface area contributed by atoms with Crippen molar-refractivity contribution < 1.29 is 41.7 Å². The van der Waals surface area contributed by atoms with E-state index in [1.807, 2.05) is 69.3 Å². The van der Waals surface area contributed by atoms with Crippen LogP contribution in [0.1, 0.15) is 86.8 Å². The van der Waals surface area contributed by atoms with Crippen molar-refractivity contribution in [2.45, 2.75) is 103 Å². The van der Waals surface area contributed by atoms with Crippen molar-refractivity contribution in [2.24, 2.45) is 4.99 Å². The van der Waals surface area contributed by atoms with E-state index in [-0.39, 0.29) is 49.4 Å². The lowest BCUT2D eigenvalue weighted by Gasteiger charge is -2.22. The summed E-state index contributed by atoms with van der Waals surface area (Å²) in [6, 6.07) is 14.8. The number of ether oxygens (including phenoxy) is 4. The first-order valence-corrected chi connectivity index (χ1v) is 20.3. The molecule has 57 heavy (non-hydrogen) atoms. The number of esters is 1. The molecule has 0 radical (unpaired) electrons. The van der Waals surface area contributed by atoms with Crippen LogP contribution in [0.2, 0.25) is 0 Å². The molecule has 14 nitrogen and oxygen atoms in total. The predicted octanol–water partition coefficient (Wildman–Crippen LogP) is 6.41. The number of fused-ring (bicyclic) bond motifs is 4. The van der Waals surface area contributed by atoms with Gasteiger partial charge in [0.25, 0.3) is 10.0 Å². The van der Waals surface area contributed by atoms with Gasteiger partial charge in [0.1, 0.15) is 36.2 Å². The minimum absolute atomic E-state index is 0.0400. The summed E-state index contributed by atoms with van der Waals surface area (Å²) in [5, 5.41) is 2.62. The number of rotatable bonds is 12. The third-order valence-electron chi connectivity index (χ3n) is 9.66. The van der Waals surface area contributed by atoms with Gasteiger partial charge in [-0.2, -0.15) is 0 Å². The standard InChI is InChI=1S/C42H53N5O9S/c1-10-22-53-37(48)34(44-39(49)54-24-33-30-18-13-11-16-28(30)29-17-12-14-19-31(29)33)20-15-21-43-38(45-46-40(50)56-41(5,6)7)47-57(51,52)36-26(3)25(2)35-32(27(36)4)23-42(8,9)55-35/h10-14,16-19,33-34H,1,15,20-24H2,2-9H3,(H,44,49)(H,46,50)(H2,43,45,47)/t34-/m0/s1. The van der Waals surface area contributed by atoms with Crippen molar-refractivity contribution in [1.82, 2.24) is 20.9 Å². The number of hydrazine groups is 1. The molecule has 1 atom stereocenters. The highest BCUT2D eigenvalue weighted by molar-refractivity contribution is 7.90. The lowest BCUT2D eigenvalue weighted by molar-refractivity contribution is -0.145. The van der Waals surface area contributed by atoms with Crippen LogP contribution in [-0.4, -0.2) is 69.5 Å². The summed E-state index contributed by atoms with van der Waals surface area (Å²) < 4.78 is 53.0. The van der Waals surface area contributed by atoms with E-state index in [4.69, 9.17) is 18.9 Å². The highest BCUT2D eigenvalue weighted by Gasteiger charge is 2.37. The summed E-state index contributed by atoms with van der Waals surface area (Å²) in [5.74, 6) is -0.505. The van der Waals surface area contributed by atoms with Crippen molar-refractivity contribution in [1.29, 1.82) is 0 Å². The lowest BCUT2D eigenvalue weighted by atomic mass is 9.94. The van der Waals surface area contributed by atoms with Crippen LogP contribution >= 0.6 is 0 Å². The number of guanidine groups is 1. The van der Waals surface area contributed by atoms with Crippen molar-refractivity contribution in [2.75, 3.05) is 19.8 Å². The van der Waals surface area contributed by atoms with Crippen molar-refractivity contribution >= 4 is 34.1 Å². The second kappa shape index (κ2) is 17.3. The van der Waals surface area contributed by atoms with Crippen molar-refractivity contribution in [3.05, 3.63) is 94.6 Å². The number of nitrogens with one attached hydrogen (secondary N) is 4. The lowest BCUT2D eigenvalue weighted by Crippen LogP contribution is -2.51. The first kappa shape index (κ1) is 42.6. The molecule has 0 spiro atoms. The van der Waals surface area contributed by atoms with Gasteiger partial charge in [-0.05, 0) is 107 Å². The topological polar surface area (TPSA) is 183 Å². The minimum atomic E-state index is -4.28. The highest BCUT2D eigenvalue weighted by Crippen LogP contribution is 2.45. The van der Waals surface area contributed by atoms with Gasteiger partial charge in [0.2, 0.25) is 5.96 Å². The van der Waals surface area contributed by atoms with E-state index in [9.17, 15) is 22.8 Å². The first-order valence-electron chi connectivity index (χ1n) is 18.8. The Morgan fingerprint density at radius 1 is 0.947 bits per heavy atom. The number of aliphatic imine (C=N–C) groups is 1. The zero-order chi connectivity index (χ0) is 41.7. The predicted molar refractivity (Wildman–Crippen MR) is 217 cm³/mol. The molecule has 5 rings (SSSR count). The van der Waals surface area contributed by atoms with Crippen molar-refractivity contribution in [3.8, 4) is 16.9 Å². The minimum Gasteiger partial charge on any atom is -0.487 e. The summed E-state index contributed by atoms with van der Waals surface area (Å²) in [5.41, 5.74) is 10.4. The zero-order valence-corrected chi connectivity index (χ0v) is 34.6. The molecule has 1 aliphatic heterocycles. The number of carbonyl (C=O) groups is 3. The van der Waals surface area contributed by atoms with E-state index < -0.39 is 45.4 Å². The van der Waals surface area contributed by atoms with Gasteiger partial charge in [0, 0.05) is 24.4 Å². The maximum Gasteiger partial charge on any atom is 0.426 e. The molecule has 1 heterocycles. The molecule has 15 heteroatoms. The fraction of sp³-hybridized carbons (Fsp3) is 0.429. The third kappa shape index (κ3) is 10.2. The number of carbonyl (C=O) groups excluding carboxylic acids is 3. The Balaban J connectivity index is 1.30. The molecule has 0 saturated carbocycles. The van der Waals surface area contributed by atoms with Crippen LogP contribution in [0, 0.1) is 20.8 Å². The molecule has 2 amide bonds. The van der Waals surface area contributed by atoms with Gasteiger partial charge < -0.3 is 24.3 Å². The highest BCUT2D eigenvalue weighted by atomic mass is 32.2. The number of alkyl carbamates (subject to hydrolysis) is 1. The Hall–Kier alpha value is -5.57. The summed E-state index contributed by atoms with van der Waals surface area (Å²) in [6.07, 6.45) is 0.500. The molecule has 0 saturated heterocycles. The summed E-state index contributed by atoms with van der Waals surface area (Å²) in [7, 11) is -4.28. The fourth-order valence-electron chi connectivity index (χ4n) is 7.10. The number of nitrogens with zero attached hydrogens (tertiary/aromatic N) is 1. The average Bonchev–Trinajstić information content (AvgIpc) is 3.65. The fourth-order valence-corrected chi connectivity index (χ4v) is 8.65. The summed E-state index contributed by atoms with van der Waals surface area (Å²) >= 11 is 0. The number of hydrogen-bond acceptors (Lipinski definition) is 10. The summed E-state index contributed by atoms with van der Waals surface area (Å²) in [4.78, 5) is 43.2. The molecule has 0 aromatic heterocycles. The second-order valence-electron chi connectivity index (χ2n) is 15.7. The van der Waals surface area contributed by atoms with Gasteiger partial charge in [-0.1, -0.05) is 61.2 Å². The second-order valence-corrected chi connectivity index (χ2v) is 17.3. The Bertz CT molecular complexity index is 2130. The van der Waals surface area contributed by atoms with E-state index in [0.717, 1.165) is 27.8 Å². The van der Waals surface area contributed by atoms with Crippen LogP contribution < -0.4 is 25.6 Å². The van der Waals surface area contributed by atoms with Crippen LogP contribution in [0.25, 0.3) is 11.1 Å². The van der Waals surface area contributed by atoms with Crippen LogP contribution in [0.15, 0.2) is 71.1 Å². The molecule has 4 N–H and O–H groups in total. The van der Waals surface area contributed by atoms with Gasteiger partial charge in [0.05, 0.1) is 4.90 Å². The molecule has 306 valence electrons. The van der Waals surface area contributed by atoms with Crippen LogP contribution in [-0.2, 0) is 35.4 Å². The first-order chi connectivity index (χ1) is 26.8. The van der Waals surface area contributed by atoms with E-state index in [1.165, 1.54) is 6.08 Å². The Morgan fingerprint density at radius 3 is 2.19 bits per heavy atom. The molecule has 0 fully saturated rings. The number of hydrogen-bond donors (Lipinski definition) is 4. The summed E-state index contributed by atoms with van der Waals surface area (Å²) in [6.45, 7) is 17.7. The zero-order valence-electron chi connectivity index (χ0n) is 33.8. The van der Waals surface area contributed by atoms with E-state index in [1.54, 1.807) is 34.6 Å². The SMILES string of the molecule is C=CCOC(=O)[C@H](CCCN=C(NNC(=O)OC(C)(C)C)NS(=O)(=O)c1c(C)c(C)c2c(c1C)CC(C)(C)O2)NC(=O)OCC1c2ccccc2-c2ccccc21. The Kier molecular flexibility index (Phi) is 12.9. The molecular formula is C42H53N5O9S. The third-order valence-corrected chi connectivity index (χ3v) is 11.3. The van der Waals surface area contributed by atoms with E-state index >= 15 is 0 Å². The van der Waals surface area contributed by atoms with Crippen LogP contribution in [0.4, 0.5) is 9.59 Å². The van der Waals surface area contributed by atoms with Gasteiger partial charge in [-0.3, -0.25) is 10.4 Å². The maximum atomic E-state index is 14.1. The van der Waals surface area contributed by atoms with Crippen LogP contribution in [0.3, 0.4) is 0 Å². The number of sulfonamides is 1. The number of benzene rings is 3.